The van der Waals surface area contributed by atoms with Gasteiger partial charge < -0.3 is 10.1 Å². The molecule has 1 aromatic rings. The van der Waals surface area contributed by atoms with Gasteiger partial charge in [-0.2, -0.15) is 0 Å². The first-order valence-corrected chi connectivity index (χ1v) is 6.78. The Kier molecular flexibility index (Phi) is 6.73. The average Bonchev–Trinajstić information content (AvgIpc) is 2.38. The zero-order valence-electron chi connectivity index (χ0n) is 12.3. The Balaban J connectivity index is 2.82. The van der Waals surface area contributed by atoms with Gasteiger partial charge in [-0.3, -0.25) is 10.1 Å². The minimum atomic E-state index is -0.416. The minimum absolute atomic E-state index is 0.00592. The van der Waals surface area contributed by atoms with Crippen molar-refractivity contribution >= 4 is 5.69 Å². The predicted molar refractivity (Wildman–Crippen MR) is 80.0 cm³/mol. The summed E-state index contributed by atoms with van der Waals surface area (Å²) in [7, 11) is 0. The Morgan fingerprint density at radius 2 is 2.20 bits per heavy atom. The molecule has 0 unspecified atom stereocenters. The Labute approximate surface area is 119 Å². The van der Waals surface area contributed by atoms with Crippen LogP contribution < -0.4 is 10.1 Å². The molecule has 0 radical (unpaired) electrons. The lowest BCUT2D eigenvalue weighted by atomic mass is 10.2. The quantitative estimate of drug-likeness (QED) is 0.342. The number of nitro benzene ring substituents is 1. The van der Waals surface area contributed by atoms with Gasteiger partial charge in [0.15, 0.2) is 5.75 Å². The second-order valence-electron chi connectivity index (χ2n) is 4.83. The van der Waals surface area contributed by atoms with Gasteiger partial charge in [-0.1, -0.05) is 18.6 Å². The molecule has 0 atom stereocenters. The summed E-state index contributed by atoms with van der Waals surface area (Å²) in [6.45, 7) is 7.97. The van der Waals surface area contributed by atoms with Crippen LogP contribution in [0.1, 0.15) is 32.8 Å². The summed E-state index contributed by atoms with van der Waals surface area (Å²) < 4.78 is 5.51. The zero-order chi connectivity index (χ0) is 15.0. The number of hydrogen-bond donors (Lipinski definition) is 1. The third-order valence-corrected chi connectivity index (χ3v) is 2.71. The van der Waals surface area contributed by atoms with E-state index in [0.29, 0.717) is 18.9 Å². The summed E-state index contributed by atoms with van der Waals surface area (Å²) in [6.07, 6.45) is 2.95. The van der Waals surface area contributed by atoms with E-state index in [1.165, 1.54) is 6.07 Å². The van der Waals surface area contributed by atoms with Crippen LogP contribution in [0.15, 0.2) is 29.8 Å². The van der Waals surface area contributed by atoms with Crippen molar-refractivity contribution in [1.82, 2.24) is 5.32 Å². The fraction of sp³-hybridized carbons (Fsp3) is 0.467. The van der Waals surface area contributed by atoms with Gasteiger partial charge in [0.2, 0.25) is 0 Å². The van der Waals surface area contributed by atoms with Crippen molar-refractivity contribution in [3.63, 3.8) is 0 Å². The van der Waals surface area contributed by atoms with E-state index in [1.54, 1.807) is 12.1 Å². The Morgan fingerprint density at radius 3 is 2.80 bits per heavy atom. The van der Waals surface area contributed by atoms with E-state index >= 15 is 0 Å². The normalized spacial score (nSPS) is 10.2. The molecule has 0 aliphatic heterocycles. The summed E-state index contributed by atoms with van der Waals surface area (Å²) >= 11 is 0. The molecule has 0 bridgehead atoms. The average molecular weight is 278 g/mol. The van der Waals surface area contributed by atoms with Gasteiger partial charge in [-0.25, -0.2) is 0 Å². The predicted octanol–water partition coefficient (Wildman–Crippen LogP) is 3.44. The molecule has 110 valence electrons. The largest absolute Gasteiger partial charge is 0.483 e. The summed E-state index contributed by atoms with van der Waals surface area (Å²) in [5.74, 6) is 0.322. The van der Waals surface area contributed by atoms with Gasteiger partial charge in [-0.15, -0.1) is 0 Å². The number of nitro groups is 1. The van der Waals surface area contributed by atoms with Gasteiger partial charge in [0.05, 0.1) is 4.92 Å². The van der Waals surface area contributed by atoms with Crippen LogP contribution in [0.5, 0.6) is 5.75 Å². The van der Waals surface area contributed by atoms with E-state index < -0.39 is 4.92 Å². The van der Waals surface area contributed by atoms with Crippen LogP contribution in [0, 0.1) is 10.1 Å². The number of ether oxygens (including phenoxy) is 1. The smallest absolute Gasteiger partial charge is 0.310 e. The first-order valence-electron chi connectivity index (χ1n) is 6.78. The van der Waals surface area contributed by atoms with Crippen molar-refractivity contribution in [2.45, 2.75) is 33.7 Å². The molecule has 1 aromatic carbocycles. The molecule has 0 aliphatic rings. The summed E-state index contributed by atoms with van der Waals surface area (Å²) in [5.41, 5.74) is 2.11. The molecule has 0 amide bonds. The van der Waals surface area contributed by atoms with Crippen molar-refractivity contribution in [2.24, 2.45) is 0 Å². The zero-order valence-corrected chi connectivity index (χ0v) is 12.3. The van der Waals surface area contributed by atoms with Crippen molar-refractivity contribution in [3.8, 4) is 5.75 Å². The Morgan fingerprint density at radius 1 is 1.45 bits per heavy atom. The van der Waals surface area contributed by atoms with Gasteiger partial charge in [-0.05, 0) is 44.5 Å². The minimum Gasteiger partial charge on any atom is -0.483 e. The second kappa shape index (κ2) is 8.32. The lowest BCUT2D eigenvalue weighted by molar-refractivity contribution is -0.385. The standard InChI is InChI=1S/C15H22N2O3/c1-4-8-16-11-13-5-6-14(17(18)19)15(10-13)20-9-7-12(2)3/h5-7,10,16H,4,8-9,11H2,1-3H3. The molecular weight excluding hydrogens is 256 g/mol. The van der Waals surface area contributed by atoms with Crippen LogP contribution in [0.3, 0.4) is 0 Å². The topological polar surface area (TPSA) is 64.4 Å². The number of benzene rings is 1. The number of allylic oxidation sites excluding steroid dienone is 1. The first kappa shape index (κ1) is 16.2. The molecule has 1 N–H and O–H groups in total. The van der Waals surface area contributed by atoms with Crippen LogP contribution in [0.25, 0.3) is 0 Å². The number of rotatable bonds is 8. The van der Waals surface area contributed by atoms with E-state index in [1.807, 2.05) is 19.9 Å². The molecule has 0 spiro atoms. The highest BCUT2D eigenvalue weighted by Crippen LogP contribution is 2.28. The molecular formula is C15H22N2O3. The summed E-state index contributed by atoms with van der Waals surface area (Å²) in [6, 6.07) is 5.00. The first-order chi connectivity index (χ1) is 9.54. The third-order valence-electron chi connectivity index (χ3n) is 2.71. The third kappa shape index (κ3) is 5.40. The number of nitrogens with one attached hydrogen (secondary N) is 1. The monoisotopic (exact) mass is 278 g/mol. The SMILES string of the molecule is CCCNCc1ccc([N+](=O)[O-])c(OCC=C(C)C)c1. The maximum atomic E-state index is 11.0. The summed E-state index contributed by atoms with van der Waals surface area (Å²) in [5, 5.41) is 14.2. The van der Waals surface area contributed by atoms with Crippen molar-refractivity contribution in [2.75, 3.05) is 13.2 Å². The Hall–Kier alpha value is -1.88. The van der Waals surface area contributed by atoms with E-state index in [-0.39, 0.29) is 5.69 Å². The van der Waals surface area contributed by atoms with Crippen LogP contribution >= 0.6 is 0 Å². The molecule has 5 heteroatoms. The fourth-order valence-electron chi connectivity index (χ4n) is 1.64. The molecule has 0 heterocycles. The van der Waals surface area contributed by atoms with Crippen molar-refractivity contribution < 1.29 is 9.66 Å². The highest BCUT2D eigenvalue weighted by Gasteiger charge is 2.15. The highest BCUT2D eigenvalue weighted by molar-refractivity contribution is 5.48. The van der Waals surface area contributed by atoms with E-state index in [0.717, 1.165) is 24.1 Å². The van der Waals surface area contributed by atoms with Crippen molar-refractivity contribution in [3.05, 3.63) is 45.5 Å². The number of hydrogen-bond acceptors (Lipinski definition) is 4. The molecule has 0 fully saturated rings. The fourth-order valence-corrected chi connectivity index (χ4v) is 1.64. The lowest BCUT2D eigenvalue weighted by Crippen LogP contribution is -2.14. The molecule has 0 aliphatic carbocycles. The molecule has 0 saturated heterocycles. The molecule has 0 aromatic heterocycles. The van der Waals surface area contributed by atoms with Crippen molar-refractivity contribution in [1.29, 1.82) is 0 Å². The lowest BCUT2D eigenvalue weighted by Gasteiger charge is -2.08. The molecule has 5 nitrogen and oxygen atoms in total. The van der Waals surface area contributed by atoms with Gasteiger partial charge in [0.25, 0.3) is 0 Å². The maximum absolute atomic E-state index is 11.0. The molecule has 20 heavy (non-hydrogen) atoms. The van der Waals surface area contributed by atoms with E-state index in [9.17, 15) is 10.1 Å². The molecule has 1 rings (SSSR count). The molecule has 0 saturated carbocycles. The second-order valence-corrected chi connectivity index (χ2v) is 4.83. The van der Waals surface area contributed by atoms with Gasteiger partial charge in [0, 0.05) is 12.6 Å². The Bertz CT molecular complexity index is 480. The van der Waals surface area contributed by atoms with E-state index in [2.05, 4.69) is 12.2 Å². The number of nitrogens with zero attached hydrogens (tertiary/aromatic N) is 1. The van der Waals surface area contributed by atoms with E-state index in [4.69, 9.17) is 4.74 Å². The summed E-state index contributed by atoms with van der Waals surface area (Å²) in [4.78, 5) is 10.6. The van der Waals surface area contributed by atoms with Crippen LogP contribution in [0.2, 0.25) is 0 Å². The van der Waals surface area contributed by atoms with Crippen LogP contribution in [-0.4, -0.2) is 18.1 Å². The highest BCUT2D eigenvalue weighted by atomic mass is 16.6. The van der Waals surface area contributed by atoms with Gasteiger partial charge >= 0.3 is 5.69 Å². The van der Waals surface area contributed by atoms with Crippen LogP contribution in [0.4, 0.5) is 5.69 Å². The maximum Gasteiger partial charge on any atom is 0.310 e. The van der Waals surface area contributed by atoms with Crippen LogP contribution in [-0.2, 0) is 6.54 Å². The van der Waals surface area contributed by atoms with Gasteiger partial charge in [0.1, 0.15) is 6.61 Å².